The van der Waals surface area contributed by atoms with Crippen molar-refractivity contribution >= 4 is 23.4 Å². The minimum Gasteiger partial charge on any atom is -0.455 e. The fraction of sp³-hybridized carbons (Fsp3) is 0.120. The van der Waals surface area contributed by atoms with E-state index in [0.29, 0.717) is 35.7 Å². The van der Waals surface area contributed by atoms with Crippen LogP contribution >= 0.6 is 0 Å². The van der Waals surface area contributed by atoms with Gasteiger partial charge in [-0.1, -0.05) is 36.9 Å². The second kappa shape index (κ2) is 8.14. The summed E-state index contributed by atoms with van der Waals surface area (Å²) in [6, 6.07) is 22.4. The summed E-state index contributed by atoms with van der Waals surface area (Å²) in [6.45, 7) is 4.39. The number of ether oxygens (including phenoxy) is 1. The highest BCUT2D eigenvalue weighted by Gasteiger charge is 2.32. The summed E-state index contributed by atoms with van der Waals surface area (Å²) in [5.41, 5.74) is 9.97. The van der Waals surface area contributed by atoms with E-state index in [1.54, 1.807) is 36.4 Å². The Bertz CT molecular complexity index is 1160. The molecule has 3 aromatic rings. The van der Waals surface area contributed by atoms with Crippen molar-refractivity contribution in [2.24, 2.45) is 0 Å². The SMILES string of the molecule is C=Cc1cccc(N2C[C@@H](c3ccc(N)c(Oc4cccc(C#N)c4)c3)CC2=O)c1. The van der Waals surface area contributed by atoms with E-state index in [1.807, 2.05) is 41.3 Å². The van der Waals surface area contributed by atoms with Crippen LogP contribution in [0.2, 0.25) is 0 Å². The molecular formula is C25H21N3O2. The molecule has 1 heterocycles. The number of carbonyl (C=O) groups is 1. The van der Waals surface area contributed by atoms with Crippen LogP contribution in [0.15, 0.2) is 73.3 Å². The van der Waals surface area contributed by atoms with Crippen molar-refractivity contribution < 1.29 is 9.53 Å². The first kappa shape index (κ1) is 19.3. The van der Waals surface area contributed by atoms with Gasteiger partial charge in [-0.05, 0) is 53.6 Å². The average Bonchev–Trinajstić information content (AvgIpc) is 3.17. The highest BCUT2D eigenvalue weighted by Crippen LogP contribution is 2.36. The van der Waals surface area contributed by atoms with E-state index < -0.39 is 0 Å². The molecule has 0 aliphatic carbocycles. The normalized spacial score (nSPS) is 15.6. The number of carbonyl (C=O) groups excluding carboxylic acids is 1. The summed E-state index contributed by atoms with van der Waals surface area (Å²) in [6.07, 6.45) is 2.19. The predicted octanol–water partition coefficient (Wildman–Crippen LogP) is 5.10. The van der Waals surface area contributed by atoms with Gasteiger partial charge in [-0.2, -0.15) is 5.26 Å². The summed E-state index contributed by atoms with van der Waals surface area (Å²) in [4.78, 5) is 14.5. The predicted molar refractivity (Wildman–Crippen MR) is 118 cm³/mol. The van der Waals surface area contributed by atoms with Crippen molar-refractivity contribution in [3.63, 3.8) is 0 Å². The fourth-order valence-electron chi connectivity index (χ4n) is 3.65. The summed E-state index contributed by atoms with van der Waals surface area (Å²) in [7, 11) is 0. The number of amides is 1. The standard InChI is InChI=1S/C25H21N3O2/c1-2-17-5-3-7-21(11-17)28-16-20(14-25(28)29)19-9-10-23(27)24(13-19)30-22-8-4-6-18(12-22)15-26/h2-13,20H,1,14,16,27H2/t20-/m0/s1. The largest absolute Gasteiger partial charge is 0.455 e. The van der Waals surface area contributed by atoms with Crippen molar-refractivity contribution in [2.45, 2.75) is 12.3 Å². The maximum Gasteiger partial charge on any atom is 0.227 e. The van der Waals surface area contributed by atoms with Crippen LogP contribution in [0.4, 0.5) is 11.4 Å². The number of anilines is 2. The maximum atomic E-state index is 12.7. The van der Waals surface area contributed by atoms with Crippen molar-refractivity contribution in [3.8, 4) is 17.6 Å². The minimum absolute atomic E-state index is 0.0401. The molecule has 1 aliphatic rings. The highest BCUT2D eigenvalue weighted by atomic mass is 16.5. The van der Waals surface area contributed by atoms with Crippen molar-refractivity contribution in [2.75, 3.05) is 17.2 Å². The zero-order valence-corrected chi connectivity index (χ0v) is 16.4. The number of hydrogen-bond donors (Lipinski definition) is 1. The molecule has 0 spiro atoms. The number of hydrogen-bond acceptors (Lipinski definition) is 4. The van der Waals surface area contributed by atoms with Crippen LogP contribution < -0.4 is 15.4 Å². The molecular weight excluding hydrogens is 374 g/mol. The number of nitrogens with two attached hydrogens (primary N) is 1. The van der Waals surface area contributed by atoms with E-state index in [4.69, 9.17) is 15.7 Å². The second-order valence-electron chi connectivity index (χ2n) is 7.24. The molecule has 4 rings (SSSR count). The van der Waals surface area contributed by atoms with Gasteiger partial charge in [0.05, 0.1) is 17.3 Å². The van der Waals surface area contributed by atoms with E-state index >= 15 is 0 Å². The topological polar surface area (TPSA) is 79.3 Å². The quantitative estimate of drug-likeness (QED) is 0.610. The Balaban J connectivity index is 1.57. The molecule has 30 heavy (non-hydrogen) atoms. The molecule has 0 aromatic heterocycles. The monoisotopic (exact) mass is 395 g/mol. The van der Waals surface area contributed by atoms with Gasteiger partial charge in [0.15, 0.2) is 5.75 Å². The van der Waals surface area contributed by atoms with Crippen LogP contribution in [0.1, 0.15) is 29.0 Å². The molecule has 148 valence electrons. The molecule has 1 fully saturated rings. The van der Waals surface area contributed by atoms with Gasteiger partial charge in [-0.25, -0.2) is 0 Å². The van der Waals surface area contributed by atoms with E-state index in [9.17, 15) is 4.79 Å². The Kier molecular flexibility index (Phi) is 5.23. The number of nitrogen functional groups attached to an aromatic ring is 1. The van der Waals surface area contributed by atoms with Crippen LogP contribution in [-0.4, -0.2) is 12.5 Å². The number of benzene rings is 3. The maximum absolute atomic E-state index is 12.7. The first-order valence-corrected chi connectivity index (χ1v) is 9.67. The van der Waals surface area contributed by atoms with E-state index in [2.05, 4.69) is 12.6 Å². The summed E-state index contributed by atoms with van der Waals surface area (Å²) in [5, 5.41) is 9.07. The lowest BCUT2D eigenvalue weighted by atomic mass is 9.97. The van der Waals surface area contributed by atoms with Gasteiger partial charge < -0.3 is 15.4 Å². The molecule has 5 heteroatoms. The van der Waals surface area contributed by atoms with E-state index in [1.165, 1.54) is 0 Å². The molecule has 1 atom stereocenters. The van der Waals surface area contributed by atoms with Crippen LogP contribution in [0.25, 0.3) is 6.08 Å². The molecule has 3 aromatic carbocycles. The lowest BCUT2D eigenvalue weighted by Gasteiger charge is -2.18. The lowest BCUT2D eigenvalue weighted by Crippen LogP contribution is -2.24. The number of rotatable bonds is 5. The molecule has 0 bridgehead atoms. The summed E-state index contributed by atoms with van der Waals surface area (Å²) >= 11 is 0. The Morgan fingerprint density at radius 1 is 1.13 bits per heavy atom. The van der Waals surface area contributed by atoms with Crippen LogP contribution in [0.5, 0.6) is 11.5 Å². The summed E-state index contributed by atoms with van der Waals surface area (Å²) in [5.74, 6) is 1.19. The van der Waals surface area contributed by atoms with Crippen LogP contribution in [0, 0.1) is 11.3 Å². The number of nitrogens with zero attached hydrogens (tertiary/aromatic N) is 2. The molecule has 0 unspecified atom stereocenters. The third kappa shape index (κ3) is 3.89. The number of nitriles is 1. The smallest absolute Gasteiger partial charge is 0.227 e. The molecule has 1 saturated heterocycles. The van der Waals surface area contributed by atoms with Gasteiger partial charge >= 0.3 is 0 Å². The minimum atomic E-state index is 0.0401. The Hall–Kier alpha value is -4.04. The van der Waals surface area contributed by atoms with Crippen molar-refractivity contribution in [3.05, 3.63) is 90.0 Å². The second-order valence-corrected chi connectivity index (χ2v) is 7.24. The van der Waals surface area contributed by atoms with Gasteiger partial charge in [0.2, 0.25) is 5.91 Å². The molecule has 0 radical (unpaired) electrons. The van der Waals surface area contributed by atoms with E-state index in [0.717, 1.165) is 16.8 Å². The van der Waals surface area contributed by atoms with E-state index in [-0.39, 0.29) is 11.8 Å². The lowest BCUT2D eigenvalue weighted by molar-refractivity contribution is -0.117. The van der Waals surface area contributed by atoms with Gasteiger partial charge in [0.1, 0.15) is 5.75 Å². The van der Waals surface area contributed by atoms with Crippen LogP contribution in [0.3, 0.4) is 0 Å². The van der Waals surface area contributed by atoms with Gasteiger partial charge in [-0.3, -0.25) is 4.79 Å². The van der Waals surface area contributed by atoms with Crippen molar-refractivity contribution in [1.29, 1.82) is 5.26 Å². The molecule has 1 amide bonds. The molecule has 5 nitrogen and oxygen atoms in total. The first-order valence-electron chi connectivity index (χ1n) is 9.67. The third-order valence-corrected chi connectivity index (χ3v) is 5.24. The molecule has 2 N–H and O–H groups in total. The summed E-state index contributed by atoms with van der Waals surface area (Å²) < 4.78 is 5.93. The van der Waals surface area contributed by atoms with Gasteiger partial charge in [0, 0.05) is 24.6 Å². The Morgan fingerprint density at radius 2 is 1.97 bits per heavy atom. The highest BCUT2D eigenvalue weighted by molar-refractivity contribution is 5.96. The van der Waals surface area contributed by atoms with Crippen molar-refractivity contribution in [1.82, 2.24) is 0 Å². The average molecular weight is 395 g/mol. The Morgan fingerprint density at radius 3 is 2.77 bits per heavy atom. The fourth-order valence-corrected chi connectivity index (χ4v) is 3.65. The molecule has 1 aliphatic heterocycles. The van der Waals surface area contributed by atoms with Gasteiger partial charge in [0.25, 0.3) is 0 Å². The Labute approximate surface area is 175 Å². The first-order chi connectivity index (χ1) is 14.6. The third-order valence-electron chi connectivity index (χ3n) is 5.24. The molecule has 0 saturated carbocycles. The van der Waals surface area contributed by atoms with Crippen LogP contribution in [-0.2, 0) is 4.79 Å². The van der Waals surface area contributed by atoms with Gasteiger partial charge in [-0.15, -0.1) is 0 Å². The zero-order chi connectivity index (χ0) is 21.1. The zero-order valence-electron chi connectivity index (χ0n) is 16.4.